The van der Waals surface area contributed by atoms with Crippen molar-refractivity contribution in [3.63, 3.8) is 0 Å². The SMILES string of the molecule is Cc1ccc2cc3cccc(C(C)C)c3cc2c1. The van der Waals surface area contributed by atoms with Gasteiger partial charge in [0.1, 0.15) is 0 Å². The van der Waals surface area contributed by atoms with Gasteiger partial charge >= 0.3 is 0 Å². The van der Waals surface area contributed by atoms with Crippen LogP contribution in [-0.2, 0) is 0 Å². The highest BCUT2D eigenvalue weighted by Gasteiger charge is 2.06. The number of hydrogen-bond donors (Lipinski definition) is 0. The molecule has 0 heterocycles. The van der Waals surface area contributed by atoms with Gasteiger partial charge < -0.3 is 0 Å². The molecule has 0 saturated heterocycles. The maximum Gasteiger partial charge on any atom is -0.0143 e. The van der Waals surface area contributed by atoms with E-state index < -0.39 is 0 Å². The van der Waals surface area contributed by atoms with Crippen molar-refractivity contribution in [1.82, 2.24) is 0 Å². The molecule has 0 unspecified atom stereocenters. The normalized spacial score (nSPS) is 11.6. The van der Waals surface area contributed by atoms with Gasteiger partial charge in [-0.3, -0.25) is 0 Å². The summed E-state index contributed by atoms with van der Waals surface area (Å²) in [6, 6.07) is 17.9. The van der Waals surface area contributed by atoms with Crippen molar-refractivity contribution in [3.8, 4) is 0 Å². The lowest BCUT2D eigenvalue weighted by Gasteiger charge is -2.11. The third-order valence-electron chi connectivity index (χ3n) is 3.65. The molecule has 0 aromatic heterocycles. The Morgan fingerprint density at radius 3 is 2.39 bits per heavy atom. The first kappa shape index (κ1) is 11.3. The second-order valence-corrected chi connectivity index (χ2v) is 5.43. The Morgan fingerprint density at radius 2 is 1.61 bits per heavy atom. The molecule has 0 bridgehead atoms. The van der Waals surface area contributed by atoms with Crippen LogP contribution in [-0.4, -0.2) is 0 Å². The molecule has 0 radical (unpaired) electrons. The zero-order valence-corrected chi connectivity index (χ0v) is 11.2. The van der Waals surface area contributed by atoms with Gasteiger partial charge in [0.25, 0.3) is 0 Å². The maximum atomic E-state index is 2.34. The number of aryl methyl sites for hydroxylation is 1. The third-order valence-corrected chi connectivity index (χ3v) is 3.65. The molecule has 0 fully saturated rings. The van der Waals surface area contributed by atoms with Gasteiger partial charge in [-0.05, 0) is 52.1 Å². The highest BCUT2D eigenvalue weighted by molar-refractivity contribution is 6.00. The average Bonchev–Trinajstić information content (AvgIpc) is 2.35. The van der Waals surface area contributed by atoms with Crippen molar-refractivity contribution in [1.29, 1.82) is 0 Å². The minimum absolute atomic E-state index is 0.566. The zero-order chi connectivity index (χ0) is 12.7. The van der Waals surface area contributed by atoms with Crippen molar-refractivity contribution in [2.24, 2.45) is 0 Å². The lowest BCUT2D eigenvalue weighted by Crippen LogP contribution is -1.89. The summed E-state index contributed by atoms with van der Waals surface area (Å²) in [7, 11) is 0. The first-order valence-electron chi connectivity index (χ1n) is 6.58. The lowest BCUT2D eigenvalue weighted by molar-refractivity contribution is 0.876. The van der Waals surface area contributed by atoms with Gasteiger partial charge in [0, 0.05) is 0 Å². The van der Waals surface area contributed by atoms with Gasteiger partial charge in [0.15, 0.2) is 0 Å². The maximum absolute atomic E-state index is 2.34. The predicted molar refractivity (Wildman–Crippen MR) is 80.3 cm³/mol. The van der Waals surface area contributed by atoms with Crippen LogP contribution in [0.15, 0.2) is 48.5 Å². The van der Waals surface area contributed by atoms with E-state index in [9.17, 15) is 0 Å². The van der Waals surface area contributed by atoms with Crippen LogP contribution in [0.5, 0.6) is 0 Å². The summed E-state index contributed by atoms with van der Waals surface area (Å²) in [5, 5.41) is 5.41. The Hall–Kier alpha value is -1.82. The van der Waals surface area contributed by atoms with E-state index in [4.69, 9.17) is 0 Å². The standard InChI is InChI=1S/C18H18/c1-12(2)17-6-4-5-15-10-14-8-7-13(3)9-16(14)11-18(15)17/h4-12H,1-3H3. The molecule has 3 rings (SSSR count). The molecule has 0 heteroatoms. The lowest BCUT2D eigenvalue weighted by atomic mass is 9.93. The largest absolute Gasteiger partial charge is 0.0613 e. The summed E-state index contributed by atoms with van der Waals surface area (Å²) < 4.78 is 0. The Kier molecular flexibility index (Phi) is 2.59. The Labute approximate surface area is 108 Å². The van der Waals surface area contributed by atoms with Crippen LogP contribution >= 0.6 is 0 Å². The quantitative estimate of drug-likeness (QED) is 0.493. The van der Waals surface area contributed by atoms with Crippen molar-refractivity contribution in [2.75, 3.05) is 0 Å². The highest BCUT2D eigenvalue weighted by atomic mass is 14.1. The van der Waals surface area contributed by atoms with Gasteiger partial charge in [-0.1, -0.05) is 55.8 Å². The van der Waals surface area contributed by atoms with Gasteiger partial charge in [0.2, 0.25) is 0 Å². The van der Waals surface area contributed by atoms with Crippen molar-refractivity contribution in [2.45, 2.75) is 26.7 Å². The summed E-state index contributed by atoms with van der Waals surface area (Å²) >= 11 is 0. The fourth-order valence-corrected chi connectivity index (χ4v) is 2.67. The van der Waals surface area contributed by atoms with Crippen molar-refractivity contribution < 1.29 is 0 Å². The van der Waals surface area contributed by atoms with E-state index in [1.165, 1.54) is 32.7 Å². The van der Waals surface area contributed by atoms with Crippen LogP contribution in [0.3, 0.4) is 0 Å². The minimum Gasteiger partial charge on any atom is -0.0613 e. The summed E-state index contributed by atoms with van der Waals surface area (Å²) in [4.78, 5) is 0. The molecule has 0 nitrogen and oxygen atoms in total. The van der Waals surface area contributed by atoms with Gasteiger partial charge in [0.05, 0.1) is 0 Å². The Balaban J connectivity index is 2.42. The molecule has 3 aromatic carbocycles. The first-order chi connectivity index (χ1) is 8.65. The van der Waals surface area contributed by atoms with Gasteiger partial charge in [-0.25, -0.2) is 0 Å². The van der Waals surface area contributed by atoms with Crippen LogP contribution in [0.25, 0.3) is 21.5 Å². The second-order valence-electron chi connectivity index (χ2n) is 5.43. The van der Waals surface area contributed by atoms with E-state index in [1.807, 2.05) is 0 Å². The predicted octanol–water partition coefficient (Wildman–Crippen LogP) is 5.42. The molecule has 0 spiro atoms. The average molecular weight is 234 g/mol. The smallest absolute Gasteiger partial charge is 0.0143 e. The van der Waals surface area contributed by atoms with Crippen molar-refractivity contribution in [3.05, 3.63) is 59.7 Å². The molecule has 18 heavy (non-hydrogen) atoms. The van der Waals surface area contributed by atoms with Crippen LogP contribution in [0.2, 0.25) is 0 Å². The number of hydrogen-bond acceptors (Lipinski definition) is 0. The molecule has 0 atom stereocenters. The molecule has 0 N–H and O–H groups in total. The van der Waals surface area contributed by atoms with Crippen LogP contribution < -0.4 is 0 Å². The van der Waals surface area contributed by atoms with Crippen LogP contribution in [0, 0.1) is 6.92 Å². The highest BCUT2D eigenvalue weighted by Crippen LogP contribution is 2.29. The molecule has 0 aliphatic rings. The Morgan fingerprint density at radius 1 is 0.778 bits per heavy atom. The molecule has 0 saturated carbocycles. The summed E-state index contributed by atoms with van der Waals surface area (Å²) in [6.45, 7) is 6.67. The molecule has 90 valence electrons. The zero-order valence-electron chi connectivity index (χ0n) is 11.2. The molecule has 0 aliphatic heterocycles. The third kappa shape index (κ3) is 1.78. The summed E-state index contributed by atoms with van der Waals surface area (Å²) in [5.74, 6) is 0.566. The molecule has 0 amide bonds. The number of rotatable bonds is 1. The Bertz CT molecular complexity index is 721. The summed E-state index contributed by atoms with van der Waals surface area (Å²) in [6.07, 6.45) is 0. The topological polar surface area (TPSA) is 0 Å². The minimum atomic E-state index is 0.566. The second kappa shape index (κ2) is 4.13. The fraction of sp³-hybridized carbons (Fsp3) is 0.222. The van der Waals surface area contributed by atoms with E-state index in [2.05, 4.69) is 69.3 Å². The van der Waals surface area contributed by atoms with E-state index >= 15 is 0 Å². The number of fused-ring (bicyclic) bond motifs is 2. The van der Waals surface area contributed by atoms with E-state index in [1.54, 1.807) is 0 Å². The van der Waals surface area contributed by atoms with Crippen LogP contribution in [0.4, 0.5) is 0 Å². The van der Waals surface area contributed by atoms with Gasteiger partial charge in [-0.2, -0.15) is 0 Å². The first-order valence-corrected chi connectivity index (χ1v) is 6.58. The van der Waals surface area contributed by atoms with E-state index in [0.717, 1.165) is 0 Å². The molecular weight excluding hydrogens is 216 g/mol. The molecule has 3 aromatic rings. The van der Waals surface area contributed by atoms with Crippen LogP contribution in [0.1, 0.15) is 30.9 Å². The summed E-state index contributed by atoms with van der Waals surface area (Å²) in [5.41, 5.74) is 2.76. The van der Waals surface area contributed by atoms with E-state index in [0.29, 0.717) is 5.92 Å². The molecule has 0 aliphatic carbocycles. The van der Waals surface area contributed by atoms with E-state index in [-0.39, 0.29) is 0 Å². The van der Waals surface area contributed by atoms with Gasteiger partial charge in [-0.15, -0.1) is 0 Å². The number of benzene rings is 3. The fourth-order valence-electron chi connectivity index (χ4n) is 2.67. The monoisotopic (exact) mass is 234 g/mol. The van der Waals surface area contributed by atoms with Crippen molar-refractivity contribution >= 4 is 21.5 Å². The molecular formula is C18H18.